The first-order chi connectivity index (χ1) is 7.22. The molecule has 0 amide bonds. The monoisotopic (exact) mass is 224 g/mol. The summed E-state index contributed by atoms with van der Waals surface area (Å²) in [6.45, 7) is 2.75. The van der Waals surface area contributed by atoms with E-state index in [9.17, 15) is 0 Å². The van der Waals surface area contributed by atoms with Gasteiger partial charge in [0.2, 0.25) is 0 Å². The number of aryl methyl sites for hydroxylation is 1. The summed E-state index contributed by atoms with van der Waals surface area (Å²) in [4.78, 5) is 6.38. The summed E-state index contributed by atoms with van der Waals surface area (Å²) in [6.07, 6.45) is 3.60. The summed E-state index contributed by atoms with van der Waals surface area (Å²) in [5.41, 5.74) is 2.01. The zero-order chi connectivity index (χ0) is 10.8. The zero-order valence-electron chi connectivity index (χ0n) is 8.81. The molecule has 0 bridgehead atoms. The molecule has 15 heavy (non-hydrogen) atoms. The molecule has 5 heteroatoms. The average molecular weight is 225 g/mol. The molecule has 0 aliphatic carbocycles. The van der Waals surface area contributed by atoms with Crippen LogP contribution in [-0.4, -0.2) is 34.1 Å². The van der Waals surface area contributed by atoms with Crippen molar-refractivity contribution in [2.24, 2.45) is 0 Å². The SMILES string of the molecule is Cc1cc2c(N(C)CCCl)nccn2n1. The second kappa shape index (κ2) is 4.06. The Labute approximate surface area is 93.5 Å². The first-order valence-corrected chi connectivity index (χ1v) is 5.34. The van der Waals surface area contributed by atoms with Crippen LogP contribution in [-0.2, 0) is 0 Å². The predicted molar refractivity (Wildman–Crippen MR) is 61.7 cm³/mol. The van der Waals surface area contributed by atoms with Gasteiger partial charge in [-0.2, -0.15) is 5.10 Å². The number of alkyl halides is 1. The lowest BCUT2D eigenvalue weighted by Gasteiger charge is -2.16. The summed E-state index contributed by atoms with van der Waals surface area (Å²) < 4.78 is 1.84. The molecule has 0 N–H and O–H groups in total. The second-order valence-electron chi connectivity index (χ2n) is 3.48. The van der Waals surface area contributed by atoms with Gasteiger partial charge in [-0.25, -0.2) is 9.50 Å². The fourth-order valence-electron chi connectivity index (χ4n) is 1.56. The van der Waals surface area contributed by atoms with Gasteiger partial charge in [0.05, 0.1) is 5.69 Å². The Kier molecular flexibility index (Phi) is 2.77. The van der Waals surface area contributed by atoms with Gasteiger partial charge in [0.25, 0.3) is 0 Å². The summed E-state index contributed by atoms with van der Waals surface area (Å²) >= 11 is 5.71. The quantitative estimate of drug-likeness (QED) is 0.745. The van der Waals surface area contributed by atoms with Crippen molar-refractivity contribution in [3.05, 3.63) is 24.2 Å². The van der Waals surface area contributed by atoms with Crippen LogP contribution in [0.2, 0.25) is 0 Å². The molecule has 0 fully saturated rings. The van der Waals surface area contributed by atoms with E-state index >= 15 is 0 Å². The number of nitrogens with zero attached hydrogens (tertiary/aromatic N) is 4. The van der Waals surface area contributed by atoms with E-state index in [1.54, 1.807) is 6.20 Å². The van der Waals surface area contributed by atoms with Gasteiger partial charge >= 0.3 is 0 Å². The number of hydrogen-bond donors (Lipinski definition) is 0. The molecule has 0 saturated heterocycles. The second-order valence-corrected chi connectivity index (χ2v) is 3.85. The summed E-state index contributed by atoms with van der Waals surface area (Å²) in [7, 11) is 1.98. The van der Waals surface area contributed by atoms with Crippen LogP contribution in [0.4, 0.5) is 5.82 Å². The molecule has 0 spiro atoms. The highest BCUT2D eigenvalue weighted by atomic mass is 35.5. The van der Waals surface area contributed by atoms with Crippen LogP contribution in [0.25, 0.3) is 5.52 Å². The lowest BCUT2D eigenvalue weighted by atomic mass is 10.4. The van der Waals surface area contributed by atoms with Crippen LogP contribution in [0, 0.1) is 6.92 Å². The molecule has 2 heterocycles. The van der Waals surface area contributed by atoms with E-state index in [2.05, 4.69) is 10.1 Å². The van der Waals surface area contributed by atoms with E-state index in [-0.39, 0.29) is 0 Å². The Morgan fingerprint density at radius 2 is 2.33 bits per heavy atom. The maximum Gasteiger partial charge on any atom is 0.154 e. The average Bonchev–Trinajstić information content (AvgIpc) is 2.57. The highest BCUT2D eigenvalue weighted by Crippen LogP contribution is 2.17. The molecule has 0 radical (unpaired) electrons. The minimum atomic E-state index is 0.590. The number of anilines is 1. The standard InChI is InChI=1S/C10H13ClN4/c1-8-7-9-10(14(2)5-3-11)12-4-6-15(9)13-8/h4,6-7H,3,5H2,1-2H3. The Bertz CT molecular complexity index is 465. The summed E-state index contributed by atoms with van der Waals surface area (Å²) in [5.74, 6) is 1.51. The molecule has 0 aliphatic rings. The Hall–Kier alpha value is -1.29. The minimum absolute atomic E-state index is 0.590. The van der Waals surface area contributed by atoms with Gasteiger partial charge in [0.15, 0.2) is 5.82 Å². The van der Waals surface area contributed by atoms with Crippen molar-refractivity contribution in [2.75, 3.05) is 24.4 Å². The molecule has 0 atom stereocenters. The third-order valence-corrected chi connectivity index (χ3v) is 2.44. The van der Waals surface area contributed by atoms with Gasteiger partial charge in [-0.1, -0.05) is 0 Å². The summed E-state index contributed by atoms with van der Waals surface area (Å²) in [5, 5.41) is 4.33. The van der Waals surface area contributed by atoms with Crippen molar-refractivity contribution in [1.82, 2.24) is 14.6 Å². The van der Waals surface area contributed by atoms with E-state index in [1.807, 2.05) is 35.6 Å². The van der Waals surface area contributed by atoms with E-state index in [0.29, 0.717) is 5.88 Å². The molecule has 0 aliphatic heterocycles. The van der Waals surface area contributed by atoms with Crippen molar-refractivity contribution in [1.29, 1.82) is 0 Å². The Balaban J connectivity index is 2.50. The predicted octanol–water partition coefficient (Wildman–Crippen LogP) is 1.71. The van der Waals surface area contributed by atoms with E-state index in [4.69, 9.17) is 11.6 Å². The molecule has 4 nitrogen and oxygen atoms in total. The van der Waals surface area contributed by atoms with Crippen LogP contribution in [0.15, 0.2) is 18.5 Å². The lowest BCUT2D eigenvalue weighted by molar-refractivity contribution is 0.893. The molecule has 0 unspecified atom stereocenters. The largest absolute Gasteiger partial charge is 0.357 e. The van der Waals surface area contributed by atoms with Crippen molar-refractivity contribution >= 4 is 22.9 Å². The van der Waals surface area contributed by atoms with Crippen LogP contribution < -0.4 is 4.90 Å². The van der Waals surface area contributed by atoms with Crippen molar-refractivity contribution in [2.45, 2.75) is 6.92 Å². The highest BCUT2D eigenvalue weighted by Gasteiger charge is 2.08. The minimum Gasteiger partial charge on any atom is -0.357 e. The molecular weight excluding hydrogens is 212 g/mol. The van der Waals surface area contributed by atoms with Gasteiger partial charge in [0, 0.05) is 31.9 Å². The first kappa shape index (κ1) is 10.2. The number of hydrogen-bond acceptors (Lipinski definition) is 3. The molecule has 2 rings (SSSR count). The molecular formula is C10H13ClN4. The van der Waals surface area contributed by atoms with Gasteiger partial charge in [0.1, 0.15) is 5.52 Å². The number of rotatable bonds is 3. The van der Waals surface area contributed by atoms with Crippen molar-refractivity contribution < 1.29 is 0 Å². The topological polar surface area (TPSA) is 33.4 Å². The van der Waals surface area contributed by atoms with Crippen LogP contribution in [0.1, 0.15) is 5.69 Å². The number of aromatic nitrogens is 3. The van der Waals surface area contributed by atoms with Crippen LogP contribution in [0.5, 0.6) is 0 Å². The smallest absolute Gasteiger partial charge is 0.154 e. The number of halogens is 1. The fraction of sp³-hybridized carbons (Fsp3) is 0.400. The molecule has 2 aromatic rings. The lowest BCUT2D eigenvalue weighted by Crippen LogP contribution is -2.21. The molecule has 80 valence electrons. The molecule has 0 aromatic carbocycles. The van der Waals surface area contributed by atoms with E-state index in [1.165, 1.54) is 0 Å². The molecule has 0 saturated carbocycles. The zero-order valence-corrected chi connectivity index (χ0v) is 9.57. The van der Waals surface area contributed by atoms with Gasteiger partial charge in [-0.05, 0) is 13.0 Å². The van der Waals surface area contributed by atoms with Crippen LogP contribution in [0.3, 0.4) is 0 Å². The normalized spacial score (nSPS) is 10.9. The Morgan fingerprint density at radius 3 is 3.07 bits per heavy atom. The fourth-order valence-corrected chi connectivity index (χ4v) is 1.81. The molecule has 2 aromatic heterocycles. The van der Waals surface area contributed by atoms with E-state index < -0.39 is 0 Å². The van der Waals surface area contributed by atoms with E-state index in [0.717, 1.165) is 23.6 Å². The maximum absolute atomic E-state index is 5.71. The van der Waals surface area contributed by atoms with Crippen molar-refractivity contribution in [3.8, 4) is 0 Å². The van der Waals surface area contributed by atoms with Gasteiger partial charge in [-0.3, -0.25) is 0 Å². The van der Waals surface area contributed by atoms with Gasteiger partial charge in [-0.15, -0.1) is 11.6 Å². The third kappa shape index (κ3) is 1.90. The van der Waals surface area contributed by atoms with Crippen LogP contribution >= 0.6 is 11.6 Å². The summed E-state index contributed by atoms with van der Waals surface area (Å²) in [6, 6.07) is 2.02. The van der Waals surface area contributed by atoms with Crippen molar-refractivity contribution in [3.63, 3.8) is 0 Å². The maximum atomic E-state index is 5.71. The first-order valence-electron chi connectivity index (χ1n) is 4.80. The van der Waals surface area contributed by atoms with Gasteiger partial charge < -0.3 is 4.90 Å². The Morgan fingerprint density at radius 1 is 1.53 bits per heavy atom. The third-order valence-electron chi connectivity index (χ3n) is 2.27. The highest BCUT2D eigenvalue weighted by molar-refractivity contribution is 6.18. The number of fused-ring (bicyclic) bond motifs is 1.